The zero-order chi connectivity index (χ0) is 10.8. The zero-order valence-corrected chi connectivity index (χ0v) is 8.64. The number of aromatic nitrogens is 2. The molecule has 2 rings (SSSR count). The van der Waals surface area contributed by atoms with Crippen LogP contribution in [0.3, 0.4) is 0 Å². The fourth-order valence-corrected chi connectivity index (χ4v) is 1.58. The number of anilines is 2. The van der Waals surface area contributed by atoms with E-state index in [1.54, 1.807) is 11.7 Å². The molecule has 15 heavy (non-hydrogen) atoms. The third-order valence-corrected chi connectivity index (χ3v) is 2.45. The van der Waals surface area contributed by atoms with Crippen LogP contribution in [0.25, 0.3) is 0 Å². The van der Waals surface area contributed by atoms with Gasteiger partial charge in [0.05, 0.1) is 0 Å². The Balaban J connectivity index is 2.32. The molecule has 0 fully saturated rings. The minimum atomic E-state index is 0.513. The van der Waals surface area contributed by atoms with Gasteiger partial charge in [0, 0.05) is 19.0 Å². The Bertz CT molecular complexity index is 459. The number of nitrogens with two attached hydrogens (primary N) is 2. The van der Waals surface area contributed by atoms with E-state index in [4.69, 9.17) is 11.5 Å². The largest absolute Gasteiger partial charge is 0.384 e. The molecule has 4 nitrogen and oxygen atoms in total. The molecule has 2 aromatic rings. The number of rotatable bonds is 2. The molecular weight excluding hydrogens is 188 g/mol. The van der Waals surface area contributed by atoms with Crippen LogP contribution in [0.1, 0.15) is 11.1 Å². The molecule has 1 aromatic carbocycles. The summed E-state index contributed by atoms with van der Waals surface area (Å²) in [5.74, 6) is 1.15. The molecule has 0 aliphatic rings. The van der Waals surface area contributed by atoms with Crippen molar-refractivity contribution in [1.82, 2.24) is 9.78 Å². The van der Waals surface area contributed by atoms with Crippen LogP contribution in [-0.2, 0) is 13.5 Å². The molecule has 78 valence electrons. The summed E-state index contributed by atoms with van der Waals surface area (Å²) in [5, 5.41) is 4.08. The lowest BCUT2D eigenvalue weighted by molar-refractivity contribution is 0.783. The van der Waals surface area contributed by atoms with Crippen molar-refractivity contribution in [2.45, 2.75) is 6.42 Å². The van der Waals surface area contributed by atoms with Crippen LogP contribution in [0.2, 0.25) is 0 Å². The predicted molar refractivity (Wildman–Crippen MR) is 61.3 cm³/mol. The van der Waals surface area contributed by atoms with Crippen LogP contribution in [0.5, 0.6) is 0 Å². The number of nitrogens with zero attached hydrogens (tertiary/aromatic N) is 2. The highest BCUT2D eigenvalue weighted by molar-refractivity contribution is 5.55. The summed E-state index contributed by atoms with van der Waals surface area (Å²) in [6.07, 6.45) is 0.729. The minimum absolute atomic E-state index is 0.513. The summed E-state index contributed by atoms with van der Waals surface area (Å²) in [5.41, 5.74) is 13.7. The van der Waals surface area contributed by atoms with Gasteiger partial charge in [-0.05, 0) is 5.56 Å². The van der Waals surface area contributed by atoms with Crippen molar-refractivity contribution in [1.29, 1.82) is 0 Å². The summed E-state index contributed by atoms with van der Waals surface area (Å²) in [4.78, 5) is 0. The summed E-state index contributed by atoms with van der Waals surface area (Å²) < 4.78 is 1.60. The first-order valence-corrected chi connectivity index (χ1v) is 4.79. The normalized spacial score (nSPS) is 10.5. The average Bonchev–Trinajstić information content (AvgIpc) is 2.47. The monoisotopic (exact) mass is 202 g/mol. The lowest BCUT2D eigenvalue weighted by Gasteiger charge is -2.01. The Kier molecular flexibility index (Phi) is 2.33. The first kappa shape index (κ1) is 9.58. The van der Waals surface area contributed by atoms with Gasteiger partial charge >= 0.3 is 0 Å². The molecule has 0 saturated heterocycles. The second kappa shape index (κ2) is 3.65. The first-order chi connectivity index (χ1) is 7.18. The first-order valence-electron chi connectivity index (χ1n) is 4.79. The van der Waals surface area contributed by atoms with E-state index in [1.807, 2.05) is 30.3 Å². The molecular formula is C11H14N4. The van der Waals surface area contributed by atoms with Crippen molar-refractivity contribution in [3.05, 3.63) is 41.5 Å². The Morgan fingerprint density at radius 2 is 1.87 bits per heavy atom. The maximum Gasteiger partial charge on any atom is 0.151 e. The SMILES string of the molecule is Cn1nc(N)c(Cc2ccccc2)c1N. The van der Waals surface area contributed by atoms with Crippen molar-refractivity contribution >= 4 is 11.6 Å². The molecule has 0 radical (unpaired) electrons. The number of nitrogen functional groups attached to an aromatic ring is 2. The van der Waals surface area contributed by atoms with Crippen LogP contribution in [-0.4, -0.2) is 9.78 Å². The van der Waals surface area contributed by atoms with E-state index in [0.717, 1.165) is 12.0 Å². The van der Waals surface area contributed by atoms with Gasteiger partial charge in [-0.2, -0.15) is 5.10 Å². The van der Waals surface area contributed by atoms with Gasteiger partial charge in [0.1, 0.15) is 5.82 Å². The van der Waals surface area contributed by atoms with Crippen LogP contribution in [0, 0.1) is 0 Å². The molecule has 1 heterocycles. The van der Waals surface area contributed by atoms with Crippen molar-refractivity contribution in [2.75, 3.05) is 11.5 Å². The topological polar surface area (TPSA) is 69.9 Å². The lowest BCUT2D eigenvalue weighted by Crippen LogP contribution is -2.00. The highest BCUT2D eigenvalue weighted by Crippen LogP contribution is 2.21. The summed E-state index contributed by atoms with van der Waals surface area (Å²) >= 11 is 0. The maximum absolute atomic E-state index is 5.87. The average molecular weight is 202 g/mol. The molecule has 0 unspecified atom stereocenters. The molecule has 0 amide bonds. The smallest absolute Gasteiger partial charge is 0.151 e. The third kappa shape index (κ3) is 1.79. The van der Waals surface area contributed by atoms with Crippen LogP contribution >= 0.6 is 0 Å². The number of aryl methyl sites for hydroxylation is 1. The number of hydrogen-bond acceptors (Lipinski definition) is 3. The highest BCUT2D eigenvalue weighted by atomic mass is 15.3. The molecule has 0 aliphatic heterocycles. The fraction of sp³-hybridized carbons (Fsp3) is 0.182. The minimum Gasteiger partial charge on any atom is -0.384 e. The highest BCUT2D eigenvalue weighted by Gasteiger charge is 2.10. The summed E-state index contributed by atoms with van der Waals surface area (Å²) in [6, 6.07) is 10.1. The number of hydrogen-bond donors (Lipinski definition) is 2. The Labute approximate surface area is 88.5 Å². The third-order valence-electron chi connectivity index (χ3n) is 2.45. The van der Waals surface area contributed by atoms with Crippen molar-refractivity contribution in [2.24, 2.45) is 7.05 Å². The van der Waals surface area contributed by atoms with E-state index in [0.29, 0.717) is 11.6 Å². The van der Waals surface area contributed by atoms with Gasteiger partial charge < -0.3 is 11.5 Å². The van der Waals surface area contributed by atoms with Gasteiger partial charge in [0.2, 0.25) is 0 Å². The van der Waals surface area contributed by atoms with E-state index in [2.05, 4.69) is 5.10 Å². The molecule has 0 atom stereocenters. The van der Waals surface area contributed by atoms with Gasteiger partial charge in [0.15, 0.2) is 5.82 Å². The summed E-state index contributed by atoms with van der Waals surface area (Å²) in [6.45, 7) is 0. The van der Waals surface area contributed by atoms with Crippen LogP contribution in [0.15, 0.2) is 30.3 Å². The van der Waals surface area contributed by atoms with Gasteiger partial charge in [0.25, 0.3) is 0 Å². The molecule has 0 aliphatic carbocycles. The van der Waals surface area contributed by atoms with E-state index in [-0.39, 0.29) is 0 Å². The van der Waals surface area contributed by atoms with Gasteiger partial charge in [-0.15, -0.1) is 0 Å². The quantitative estimate of drug-likeness (QED) is 0.768. The maximum atomic E-state index is 5.87. The number of benzene rings is 1. The molecule has 0 bridgehead atoms. The van der Waals surface area contributed by atoms with Gasteiger partial charge in [-0.25, -0.2) is 0 Å². The Morgan fingerprint density at radius 1 is 1.20 bits per heavy atom. The molecule has 0 spiro atoms. The molecule has 4 N–H and O–H groups in total. The lowest BCUT2D eigenvalue weighted by atomic mass is 10.1. The van der Waals surface area contributed by atoms with Gasteiger partial charge in [-0.1, -0.05) is 30.3 Å². The Morgan fingerprint density at radius 3 is 2.40 bits per heavy atom. The fourth-order valence-electron chi connectivity index (χ4n) is 1.58. The molecule has 0 saturated carbocycles. The zero-order valence-electron chi connectivity index (χ0n) is 8.64. The second-order valence-corrected chi connectivity index (χ2v) is 3.54. The van der Waals surface area contributed by atoms with E-state index in [9.17, 15) is 0 Å². The summed E-state index contributed by atoms with van der Waals surface area (Å²) in [7, 11) is 1.79. The van der Waals surface area contributed by atoms with E-state index < -0.39 is 0 Å². The molecule has 1 aromatic heterocycles. The van der Waals surface area contributed by atoms with Crippen molar-refractivity contribution in [3.63, 3.8) is 0 Å². The second-order valence-electron chi connectivity index (χ2n) is 3.54. The van der Waals surface area contributed by atoms with Gasteiger partial charge in [-0.3, -0.25) is 4.68 Å². The van der Waals surface area contributed by atoms with Crippen LogP contribution in [0.4, 0.5) is 11.6 Å². The van der Waals surface area contributed by atoms with Crippen LogP contribution < -0.4 is 11.5 Å². The predicted octanol–water partition coefficient (Wildman–Crippen LogP) is 1.18. The van der Waals surface area contributed by atoms with E-state index >= 15 is 0 Å². The standard InChI is InChI=1S/C11H14N4/c1-15-11(13)9(10(12)14-15)7-8-5-3-2-4-6-8/h2-6H,7,13H2,1H3,(H2,12,14). The van der Waals surface area contributed by atoms with E-state index in [1.165, 1.54) is 5.56 Å². The van der Waals surface area contributed by atoms with Crippen molar-refractivity contribution < 1.29 is 0 Å². The Hall–Kier alpha value is -1.97. The molecule has 4 heteroatoms. The van der Waals surface area contributed by atoms with Crippen molar-refractivity contribution in [3.8, 4) is 0 Å².